The fraction of sp³-hybridized carbons (Fsp3) is 0.167. The fourth-order valence-electron chi connectivity index (χ4n) is 2.62. The number of nitrogens with zero attached hydrogens (tertiary/aromatic N) is 1. The zero-order valence-corrected chi connectivity index (χ0v) is 14.7. The summed E-state index contributed by atoms with van der Waals surface area (Å²) in [5.41, 5.74) is 2.69. The Kier molecular flexibility index (Phi) is 4.20. The molecular formula is C18H16F2N2O2S. The van der Waals surface area contributed by atoms with E-state index in [0.717, 1.165) is 29.3 Å². The van der Waals surface area contributed by atoms with E-state index in [-0.39, 0.29) is 16.4 Å². The Morgan fingerprint density at radius 1 is 0.960 bits per heavy atom. The Bertz CT molecular complexity index is 1040. The summed E-state index contributed by atoms with van der Waals surface area (Å²) in [6.45, 7) is 5.40. The first-order valence-electron chi connectivity index (χ1n) is 7.55. The molecule has 0 amide bonds. The van der Waals surface area contributed by atoms with E-state index in [1.807, 2.05) is 19.9 Å². The van der Waals surface area contributed by atoms with Gasteiger partial charge in [-0.3, -0.25) is 0 Å². The second-order valence-electron chi connectivity index (χ2n) is 5.92. The van der Waals surface area contributed by atoms with E-state index in [2.05, 4.69) is 9.71 Å². The number of benzene rings is 2. The van der Waals surface area contributed by atoms with Crippen molar-refractivity contribution in [2.45, 2.75) is 20.8 Å². The molecule has 3 rings (SSSR count). The Balaban J connectivity index is 2.06. The number of nitrogens with one attached hydrogen (secondary N) is 1. The molecule has 2 aromatic rings. The number of rotatable bonds is 2. The van der Waals surface area contributed by atoms with E-state index >= 15 is 0 Å². The second-order valence-corrected chi connectivity index (χ2v) is 7.46. The first-order valence-corrected chi connectivity index (χ1v) is 8.99. The highest BCUT2D eigenvalue weighted by Crippen LogP contribution is 2.34. The van der Waals surface area contributed by atoms with Gasteiger partial charge in [0, 0.05) is 11.6 Å². The lowest BCUT2D eigenvalue weighted by atomic mass is 10.0. The quantitative estimate of drug-likeness (QED) is 0.872. The van der Waals surface area contributed by atoms with Crippen molar-refractivity contribution in [3.63, 3.8) is 0 Å². The van der Waals surface area contributed by atoms with Crippen molar-refractivity contribution >= 4 is 26.5 Å². The van der Waals surface area contributed by atoms with E-state index < -0.39 is 21.7 Å². The molecule has 1 heterocycles. The average Bonchev–Trinajstić information content (AvgIpc) is 2.75. The molecule has 1 aliphatic heterocycles. The largest absolute Gasteiger partial charge is 0.337 e. The Morgan fingerprint density at radius 3 is 2.36 bits per heavy atom. The molecule has 0 aromatic heterocycles. The second kappa shape index (κ2) is 6.07. The summed E-state index contributed by atoms with van der Waals surface area (Å²) >= 11 is 0. The maximum atomic E-state index is 13.8. The number of anilines is 1. The van der Waals surface area contributed by atoms with Crippen LogP contribution in [-0.4, -0.2) is 14.3 Å². The molecule has 0 atom stereocenters. The number of sulfonamides is 1. The van der Waals surface area contributed by atoms with Crippen molar-refractivity contribution < 1.29 is 17.2 Å². The highest BCUT2D eigenvalue weighted by atomic mass is 32.2. The molecule has 130 valence electrons. The average molecular weight is 362 g/mol. The number of amidine groups is 1. The normalized spacial score (nSPS) is 16.1. The summed E-state index contributed by atoms with van der Waals surface area (Å²) in [7, 11) is -3.92. The molecule has 0 aliphatic carbocycles. The van der Waals surface area contributed by atoms with Crippen LogP contribution >= 0.6 is 0 Å². The standard InChI is InChI=1S/C18H16F2N2O2S/c1-10-4-5-13(8-11(10)2)17-12(3)18(22-25(17,23)24)21-16-9-14(19)6-7-15(16)20/h4-9H,1-3H3,(H,21,22). The van der Waals surface area contributed by atoms with Gasteiger partial charge in [0.1, 0.15) is 22.4 Å². The third-order valence-corrected chi connectivity index (χ3v) is 5.60. The van der Waals surface area contributed by atoms with Gasteiger partial charge in [0.15, 0.2) is 0 Å². The minimum atomic E-state index is -3.92. The van der Waals surface area contributed by atoms with Crippen LogP contribution in [0.25, 0.3) is 4.91 Å². The zero-order valence-electron chi connectivity index (χ0n) is 13.9. The van der Waals surface area contributed by atoms with Crippen molar-refractivity contribution in [1.82, 2.24) is 0 Å². The lowest BCUT2D eigenvalue weighted by molar-refractivity contribution is 0.604. The van der Waals surface area contributed by atoms with Crippen LogP contribution in [0.1, 0.15) is 23.6 Å². The van der Waals surface area contributed by atoms with Crippen LogP contribution in [0.3, 0.4) is 0 Å². The summed E-state index contributed by atoms with van der Waals surface area (Å²) in [5.74, 6) is -1.35. The van der Waals surface area contributed by atoms with Crippen LogP contribution in [-0.2, 0) is 10.0 Å². The molecule has 7 heteroatoms. The third kappa shape index (κ3) is 3.19. The van der Waals surface area contributed by atoms with E-state index in [0.29, 0.717) is 11.1 Å². The predicted octanol–water partition coefficient (Wildman–Crippen LogP) is 4.17. The van der Waals surface area contributed by atoms with Gasteiger partial charge in [0.25, 0.3) is 10.0 Å². The molecule has 0 unspecified atom stereocenters. The molecular weight excluding hydrogens is 346 g/mol. The van der Waals surface area contributed by atoms with Gasteiger partial charge >= 0.3 is 0 Å². The number of aryl methyl sites for hydroxylation is 2. The highest BCUT2D eigenvalue weighted by Gasteiger charge is 2.31. The molecule has 0 bridgehead atoms. The van der Waals surface area contributed by atoms with Gasteiger partial charge in [-0.15, -0.1) is 4.40 Å². The molecule has 0 spiro atoms. The highest BCUT2D eigenvalue weighted by molar-refractivity contribution is 8.00. The molecule has 0 radical (unpaired) electrons. The van der Waals surface area contributed by atoms with Gasteiger partial charge in [-0.2, -0.15) is 8.42 Å². The first kappa shape index (κ1) is 17.3. The minimum Gasteiger partial charge on any atom is -0.337 e. The van der Waals surface area contributed by atoms with Crippen LogP contribution in [0.2, 0.25) is 0 Å². The summed E-state index contributed by atoms with van der Waals surface area (Å²) in [6, 6.07) is 8.21. The van der Waals surface area contributed by atoms with Gasteiger partial charge in [0.2, 0.25) is 0 Å². The van der Waals surface area contributed by atoms with Crippen LogP contribution in [0.4, 0.5) is 14.5 Å². The monoisotopic (exact) mass is 362 g/mol. The Morgan fingerprint density at radius 2 is 1.68 bits per heavy atom. The predicted molar refractivity (Wildman–Crippen MR) is 94.8 cm³/mol. The van der Waals surface area contributed by atoms with Crippen LogP contribution < -0.4 is 5.32 Å². The summed E-state index contributed by atoms with van der Waals surface area (Å²) in [5, 5.41) is 2.58. The first-order chi connectivity index (χ1) is 11.7. The van der Waals surface area contributed by atoms with Gasteiger partial charge in [0.05, 0.1) is 5.69 Å². The van der Waals surface area contributed by atoms with Crippen molar-refractivity contribution in [3.8, 4) is 0 Å². The van der Waals surface area contributed by atoms with Crippen molar-refractivity contribution in [1.29, 1.82) is 0 Å². The smallest absolute Gasteiger partial charge is 0.285 e. The lowest BCUT2D eigenvalue weighted by Gasteiger charge is -2.09. The Hall–Kier alpha value is -2.54. The maximum absolute atomic E-state index is 13.8. The molecule has 25 heavy (non-hydrogen) atoms. The molecule has 1 aliphatic rings. The molecule has 0 saturated carbocycles. The fourth-order valence-corrected chi connectivity index (χ4v) is 4.04. The third-order valence-electron chi connectivity index (χ3n) is 4.12. The van der Waals surface area contributed by atoms with Crippen LogP contribution in [0, 0.1) is 25.5 Å². The number of halogens is 2. The lowest BCUT2D eigenvalue weighted by Crippen LogP contribution is -2.12. The molecule has 1 N–H and O–H groups in total. The molecule has 0 saturated heterocycles. The zero-order chi connectivity index (χ0) is 18.4. The number of hydrogen-bond donors (Lipinski definition) is 1. The van der Waals surface area contributed by atoms with E-state index in [9.17, 15) is 17.2 Å². The van der Waals surface area contributed by atoms with Crippen LogP contribution in [0.15, 0.2) is 46.4 Å². The van der Waals surface area contributed by atoms with Gasteiger partial charge in [-0.05, 0) is 49.6 Å². The van der Waals surface area contributed by atoms with Gasteiger partial charge in [-0.25, -0.2) is 8.78 Å². The minimum absolute atomic E-state index is 0.0160. The summed E-state index contributed by atoms with van der Waals surface area (Å²) in [4.78, 5) is 0.0647. The Labute approximate surface area is 145 Å². The summed E-state index contributed by atoms with van der Waals surface area (Å²) < 4.78 is 55.8. The van der Waals surface area contributed by atoms with E-state index in [1.54, 1.807) is 19.1 Å². The van der Waals surface area contributed by atoms with E-state index in [4.69, 9.17) is 0 Å². The maximum Gasteiger partial charge on any atom is 0.285 e. The molecule has 0 fully saturated rings. The van der Waals surface area contributed by atoms with E-state index in [1.165, 1.54) is 0 Å². The SMILES string of the molecule is CC1=C(c2ccc(C)c(C)c2)S(=O)(=O)N=C1Nc1cc(F)ccc1F. The topological polar surface area (TPSA) is 58.5 Å². The van der Waals surface area contributed by atoms with Gasteiger partial charge in [-0.1, -0.05) is 18.2 Å². The molecule has 2 aromatic carbocycles. The van der Waals surface area contributed by atoms with Crippen molar-refractivity contribution in [2.75, 3.05) is 5.32 Å². The van der Waals surface area contributed by atoms with Crippen molar-refractivity contribution in [3.05, 3.63) is 70.3 Å². The molecule has 4 nitrogen and oxygen atoms in total. The summed E-state index contributed by atoms with van der Waals surface area (Å²) in [6.07, 6.45) is 0. The van der Waals surface area contributed by atoms with Gasteiger partial charge < -0.3 is 5.32 Å². The number of hydrogen-bond acceptors (Lipinski definition) is 3. The van der Waals surface area contributed by atoms with Crippen LogP contribution in [0.5, 0.6) is 0 Å². The van der Waals surface area contributed by atoms with Crippen molar-refractivity contribution in [2.24, 2.45) is 4.40 Å².